The van der Waals surface area contributed by atoms with E-state index in [0.29, 0.717) is 0 Å². The van der Waals surface area contributed by atoms with Crippen molar-refractivity contribution in [3.05, 3.63) is 77.5 Å². The van der Waals surface area contributed by atoms with Gasteiger partial charge in [-0.25, -0.2) is 4.98 Å². The van der Waals surface area contributed by atoms with Crippen molar-refractivity contribution in [3.63, 3.8) is 0 Å². The summed E-state index contributed by atoms with van der Waals surface area (Å²) < 4.78 is 0. The maximum absolute atomic E-state index is 4.66. The summed E-state index contributed by atoms with van der Waals surface area (Å²) >= 11 is 0. The molecule has 0 amide bonds. The Morgan fingerprint density at radius 2 is 1.88 bits per heavy atom. The fourth-order valence-electron chi connectivity index (χ4n) is 3.98. The number of para-hydroxylation sites is 1. The van der Waals surface area contributed by atoms with Gasteiger partial charge in [-0.2, -0.15) is 0 Å². The van der Waals surface area contributed by atoms with E-state index >= 15 is 0 Å². The van der Waals surface area contributed by atoms with Crippen molar-refractivity contribution in [3.8, 4) is 11.4 Å². The zero-order chi connectivity index (χ0) is 18.3. The minimum atomic E-state index is -0.00836. The van der Waals surface area contributed by atoms with E-state index in [1.54, 1.807) is 0 Å². The SMILES string of the molecule is Cc1nc(-c2ccccn2)c(CC=C2N(C)c3ccccc3C2(C)C)[nH]1. The van der Waals surface area contributed by atoms with Crippen molar-refractivity contribution in [2.24, 2.45) is 0 Å². The van der Waals surface area contributed by atoms with Crippen LogP contribution in [0, 0.1) is 6.92 Å². The topological polar surface area (TPSA) is 44.8 Å². The van der Waals surface area contributed by atoms with E-state index in [9.17, 15) is 0 Å². The largest absolute Gasteiger partial charge is 0.347 e. The second-order valence-corrected chi connectivity index (χ2v) is 7.36. The van der Waals surface area contributed by atoms with Crippen LogP contribution in [0.5, 0.6) is 0 Å². The van der Waals surface area contributed by atoms with E-state index in [2.05, 4.69) is 71.1 Å². The number of hydrogen-bond donors (Lipinski definition) is 1. The lowest BCUT2D eigenvalue weighted by Gasteiger charge is -2.24. The van der Waals surface area contributed by atoms with Gasteiger partial charge in [0.25, 0.3) is 0 Å². The maximum atomic E-state index is 4.66. The highest BCUT2D eigenvalue weighted by atomic mass is 15.2. The fraction of sp³-hybridized carbons (Fsp3) is 0.273. The Kier molecular flexibility index (Phi) is 3.91. The van der Waals surface area contributed by atoms with Crippen LogP contribution in [0.2, 0.25) is 0 Å². The van der Waals surface area contributed by atoms with Gasteiger partial charge in [0.1, 0.15) is 11.5 Å². The molecule has 0 atom stereocenters. The van der Waals surface area contributed by atoms with Crippen molar-refractivity contribution in [1.82, 2.24) is 15.0 Å². The third-order valence-electron chi connectivity index (χ3n) is 5.24. The molecule has 0 aliphatic carbocycles. The maximum Gasteiger partial charge on any atom is 0.110 e. The van der Waals surface area contributed by atoms with Crippen molar-refractivity contribution in [2.45, 2.75) is 32.6 Å². The van der Waals surface area contributed by atoms with Crippen LogP contribution < -0.4 is 4.90 Å². The predicted octanol–water partition coefficient (Wildman–Crippen LogP) is 4.63. The number of aromatic nitrogens is 3. The molecule has 2 aromatic heterocycles. The van der Waals surface area contributed by atoms with Gasteiger partial charge in [-0.15, -0.1) is 0 Å². The van der Waals surface area contributed by atoms with Crippen LogP contribution in [0.1, 0.15) is 30.9 Å². The number of likely N-dealkylation sites (N-methyl/N-ethyl adjacent to an activating group) is 1. The molecule has 0 radical (unpaired) electrons. The van der Waals surface area contributed by atoms with Gasteiger partial charge in [-0.05, 0) is 30.7 Å². The van der Waals surface area contributed by atoms with Crippen LogP contribution in [0.25, 0.3) is 11.4 Å². The molecule has 0 unspecified atom stereocenters. The second-order valence-electron chi connectivity index (χ2n) is 7.36. The van der Waals surface area contributed by atoms with Crippen molar-refractivity contribution < 1.29 is 0 Å². The summed E-state index contributed by atoms with van der Waals surface area (Å²) in [4.78, 5) is 14.8. The number of rotatable bonds is 3. The average molecular weight is 344 g/mol. The predicted molar refractivity (Wildman–Crippen MR) is 106 cm³/mol. The number of aromatic amines is 1. The van der Waals surface area contributed by atoms with Gasteiger partial charge >= 0.3 is 0 Å². The number of anilines is 1. The first-order valence-electron chi connectivity index (χ1n) is 8.99. The monoisotopic (exact) mass is 344 g/mol. The van der Waals surface area contributed by atoms with Gasteiger partial charge in [0.05, 0.1) is 5.69 Å². The number of imidazole rings is 1. The van der Waals surface area contributed by atoms with Crippen LogP contribution >= 0.6 is 0 Å². The average Bonchev–Trinajstić information content (AvgIpc) is 3.10. The molecule has 0 bridgehead atoms. The van der Waals surface area contributed by atoms with Crippen LogP contribution in [-0.4, -0.2) is 22.0 Å². The third kappa shape index (κ3) is 2.62. The first kappa shape index (κ1) is 16.6. The van der Waals surface area contributed by atoms with Gasteiger partial charge in [0.2, 0.25) is 0 Å². The molecular formula is C22H24N4. The van der Waals surface area contributed by atoms with E-state index in [1.807, 2.05) is 31.3 Å². The number of nitrogens with zero attached hydrogens (tertiary/aromatic N) is 3. The minimum Gasteiger partial charge on any atom is -0.347 e. The molecule has 26 heavy (non-hydrogen) atoms. The zero-order valence-electron chi connectivity index (χ0n) is 15.7. The van der Waals surface area contributed by atoms with E-state index in [0.717, 1.165) is 29.3 Å². The Hall–Kier alpha value is -2.88. The van der Waals surface area contributed by atoms with Gasteiger partial charge in [-0.1, -0.05) is 44.2 Å². The minimum absolute atomic E-state index is 0.00836. The van der Waals surface area contributed by atoms with E-state index in [1.165, 1.54) is 16.9 Å². The zero-order valence-corrected chi connectivity index (χ0v) is 15.7. The first-order chi connectivity index (χ1) is 12.5. The van der Waals surface area contributed by atoms with Crippen LogP contribution in [-0.2, 0) is 11.8 Å². The highest BCUT2D eigenvalue weighted by Gasteiger charge is 2.37. The number of hydrogen-bond acceptors (Lipinski definition) is 3. The van der Waals surface area contributed by atoms with Crippen molar-refractivity contribution in [2.75, 3.05) is 11.9 Å². The summed E-state index contributed by atoms with van der Waals surface area (Å²) in [7, 11) is 2.15. The quantitative estimate of drug-likeness (QED) is 0.753. The lowest BCUT2D eigenvalue weighted by atomic mass is 9.83. The summed E-state index contributed by atoms with van der Waals surface area (Å²) in [5.74, 6) is 0.918. The molecule has 0 saturated carbocycles. The highest BCUT2D eigenvalue weighted by molar-refractivity contribution is 5.70. The summed E-state index contributed by atoms with van der Waals surface area (Å²) in [5, 5.41) is 0. The molecule has 4 heteroatoms. The lowest BCUT2D eigenvalue weighted by Crippen LogP contribution is -2.23. The summed E-state index contributed by atoms with van der Waals surface area (Å²) in [6.45, 7) is 6.57. The van der Waals surface area contributed by atoms with Gasteiger partial charge in [-0.3, -0.25) is 4.98 Å². The number of benzene rings is 1. The van der Waals surface area contributed by atoms with Crippen LogP contribution in [0.15, 0.2) is 60.4 Å². The molecule has 4 rings (SSSR count). The van der Waals surface area contributed by atoms with E-state index in [-0.39, 0.29) is 5.41 Å². The Morgan fingerprint density at radius 1 is 1.12 bits per heavy atom. The molecule has 0 saturated heterocycles. The number of fused-ring (bicyclic) bond motifs is 1. The number of aryl methyl sites for hydroxylation is 1. The van der Waals surface area contributed by atoms with E-state index < -0.39 is 0 Å². The number of pyridine rings is 1. The molecule has 4 nitrogen and oxygen atoms in total. The molecule has 3 heterocycles. The Balaban J connectivity index is 1.70. The molecule has 1 N–H and O–H groups in total. The van der Waals surface area contributed by atoms with Crippen LogP contribution in [0.3, 0.4) is 0 Å². The number of allylic oxidation sites excluding steroid dienone is 2. The molecule has 0 spiro atoms. The van der Waals surface area contributed by atoms with E-state index in [4.69, 9.17) is 0 Å². The second kappa shape index (κ2) is 6.13. The molecular weight excluding hydrogens is 320 g/mol. The summed E-state index contributed by atoms with van der Waals surface area (Å²) in [6.07, 6.45) is 4.93. The molecule has 0 fully saturated rings. The molecule has 132 valence electrons. The normalized spacial score (nSPS) is 16.9. The molecule has 1 aromatic carbocycles. The lowest BCUT2D eigenvalue weighted by molar-refractivity contribution is 0.636. The van der Waals surface area contributed by atoms with Crippen molar-refractivity contribution >= 4 is 5.69 Å². The van der Waals surface area contributed by atoms with Gasteiger partial charge < -0.3 is 9.88 Å². The third-order valence-corrected chi connectivity index (χ3v) is 5.24. The smallest absolute Gasteiger partial charge is 0.110 e. The van der Waals surface area contributed by atoms with Crippen LogP contribution in [0.4, 0.5) is 5.69 Å². The Labute approximate surface area is 154 Å². The Bertz CT molecular complexity index is 967. The Morgan fingerprint density at radius 3 is 2.62 bits per heavy atom. The van der Waals surface area contributed by atoms with Crippen molar-refractivity contribution in [1.29, 1.82) is 0 Å². The number of nitrogens with one attached hydrogen (secondary N) is 1. The summed E-state index contributed by atoms with van der Waals surface area (Å²) in [5.41, 5.74) is 6.93. The summed E-state index contributed by atoms with van der Waals surface area (Å²) in [6, 6.07) is 14.6. The number of H-pyrrole nitrogens is 1. The standard InChI is InChI=1S/C22H24N4/c1-15-24-18(21(25-15)17-10-7-8-14-23-17)12-13-20-22(2,3)16-9-5-6-11-19(16)26(20)4/h5-11,13-14H,12H2,1-4H3,(H,24,25). The molecule has 1 aliphatic heterocycles. The van der Waals surface area contributed by atoms with Gasteiger partial charge in [0.15, 0.2) is 0 Å². The van der Waals surface area contributed by atoms with Gasteiger partial charge in [0, 0.05) is 42.2 Å². The highest BCUT2D eigenvalue weighted by Crippen LogP contribution is 2.46. The first-order valence-corrected chi connectivity index (χ1v) is 8.99. The fourth-order valence-corrected chi connectivity index (χ4v) is 3.98. The molecule has 3 aromatic rings. The molecule has 1 aliphatic rings.